The maximum absolute atomic E-state index is 11.8. The normalized spacial score (nSPS) is 11.9. The van der Waals surface area contributed by atoms with Crippen LogP contribution in [-0.2, 0) is 20.8 Å². The van der Waals surface area contributed by atoms with Crippen LogP contribution in [0.5, 0.6) is 0 Å². The van der Waals surface area contributed by atoms with Gasteiger partial charge in [0.15, 0.2) is 0 Å². The van der Waals surface area contributed by atoms with Crippen LogP contribution in [0.2, 0.25) is 0 Å². The number of H-pyrrole nitrogens is 1. The standard InChI is InChI=1S/C12H18N4O4/c1-6-8(7(2)16-15-6)5-11(18)14-9(12(19)20)3-4-10(13)17/h9H,3-5H2,1-2H3,(H2,13,17)(H,14,18)(H,15,16)(H,19,20)/t9-/m0/s1. The van der Waals surface area contributed by atoms with Gasteiger partial charge in [-0.15, -0.1) is 0 Å². The third-order valence-corrected chi connectivity index (χ3v) is 2.93. The number of hydrogen-bond donors (Lipinski definition) is 4. The molecule has 0 radical (unpaired) electrons. The zero-order chi connectivity index (χ0) is 15.3. The lowest BCUT2D eigenvalue weighted by molar-refractivity contribution is -0.142. The van der Waals surface area contributed by atoms with E-state index in [9.17, 15) is 14.4 Å². The molecule has 20 heavy (non-hydrogen) atoms. The number of aryl methyl sites for hydroxylation is 2. The van der Waals surface area contributed by atoms with Gasteiger partial charge in [-0.1, -0.05) is 0 Å². The van der Waals surface area contributed by atoms with Crippen LogP contribution < -0.4 is 11.1 Å². The minimum Gasteiger partial charge on any atom is -0.480 e. The minimum atomic E-state index is -1.19. The highest BCUT2D eigenvalue weighted by molar-refractivity contribution is 5.85. The summed E-state index contributed by atoms with van der Waals surface area (Å²) in [5, 5.41) is 18.1. The Morgan fingerprint density at radius 3 is 2.50 bits per heavy atom. The molecule has 0 bridgehead atoms. The molecular weight excluding hydrogens is 264 g/mol. The van der Waals surface area contributed by atoms with Crippen molar-refractivity contribution in [2.45, 2.75) is 39.2 Å². The van der Waals surface area contributed by atoms with Gasteiger partial charge in [-0.25, -0.2) is 4.79 Å². The number of primary amides is 1. The number of carbonyl (C=O) groups is 3. The molecule has 0 spiro atoms. The van der Waals surface area contributed by atoms with E-state index in [0.29, 0.717) is 5.69 Å². The summed E-state index contributed by atoms with van der Waals surface area (Å²) >= 11 is 0. The molecule has 0 aromatic carbocycles. The Morgan fingerprint density at radius 1 is 1.40 bits per heavy atom. The van der Waals surface area contributed by atoms with Crippen molar-refractivity contribution in [2.75, 3.05) is 0 Å². The number of carboxylic acid groups (broad SMARTS) is 1. The van der Waals surface area contributed by atoms with Gasteiger partial charge in [0.2, 0.25) is 11.8 Å². The second-order valence-corrected chi connectivity index (χ2v) is 4.55. The topological polar surface area (TPSA) is 138 Å². The fraction of sp³-hybridized carbons (Fsp3) is 0.500. The van der Waals surface area contributed by atoms with Gasteiger partial charge in [0, 0.05) is 17.7 Å². The van der Waals surface area contributed by atoms with Crippen LogP contribution in [0.3, 0.4) is 0 Å². The third-order valence-electron chi connectivity index (χ3n) is 2.93. The number of aliphatic carboxylic acids is 1. The quantitative estimate of drug-likeness (QED) is 0.529. The van der Waals surface area contributed by atoms with Gasteiger partial charge in [-0.05, 0) is 20.3 Å². The molecule has 0 aliphatic carbocycles. The Balaban J connectivity index is 2.62. The number of aromatic nitrogens is 2. The molecule has 2 amide bonds. The SMILES string of the molecule is Cc1n[nH]c(C)c1CC(=O)N[C@@H](CCC(N)=O)C(=O)O. The van der Waals surface area contributed by atoms with E-state index >= 15 is 0 Å². The van der Waals surface area contributed by atoms with Crippen molar-refractivity contribution in [3.8, 4) is 0 Å². The Labute approximate surface area is 115 Å². The van der Waals surface area contributed by atoms with Crippen LogP contribution in [0.25, 0.3) is 0 Å². The smallest absolute Gasteiger partial charge is 0.326 e. The maximum Gasteiger partial charge on any atom is 0.326 e. The Hall–Kier alpha value is -2.38. The van der Waals surface area contributed by atoms with Crippen molar-refractivity contribution in [2.24, 2.45) is 5.73 Å². The van der Waals surface area contributed by atoms with Gasteiger partial charge >= 0.3 is 5.97 Å². The highest BCUT2D eigenvalue weighted by atomic mass is 16.4. The zero-order valence-corrected chi connectivity index (χ0v) is 11.4. The van der Waals surface area contributed by atoms with E-state index in [1.807, 2.05) is 0 Å². The van der Waals surface area contributed by atoms with Gasteiger partial charge in [0.25, 0.3) is 0 Å². The van der Waals surface area contributed by atoms with Crippen LogP contribution >= 0.6 is 0 Å². The summed E-state index contributed by atoms with van der Waals surface area (Å²) in [6.07, 6.45) is -0.0880. The van der Waals surface area contributed by atoms with Gasteiger partial charge < -0.3 is 16.2 Å². The second kappa shape index (κ2) is 6.69. The molecule has 0 fully saturated rings. The van der Waals surface area contributed by atoms with Gasteiger partial charge in [0.1, 0.15) is 6.04 Å². The molecule has 1 aromatic rings. The molecule has 0 unspecified atom stereocenters. The van der Waals surface area contributed by atoms with E-state index in [2.05, 4.69) is 15.5 Å². The Kier molecular flexibility index (Phi) is 5.24. The molecule has 1 aromatic heterocycles. The van der Waals surface area contributed by atoms with E-state index in [1.54, 1.807) is 13.8 Å². The van der Waals surface area contributed by atoms with Crippen LogP contribution in [-0.4, -0.2) is 39.1 Å². The highest BCUT2D eigenvalue weighted by Gasteiger charge is 2.21. The minimum absolute atomic E-state index is 0.0280. The molecule has 0 saturated heterocycles. The summed E-state index contributed by atoms with van der Waals surface area (Å²) in [5.41, 5.74) is 7.16. The lowest BCUT2D eigenvalue weighted by Crippen LogP contribution is -2.42. The van der Waals surface area contributed by atoms with Gasteiger partial charge in [0.05, 0.1) is 12.1 Å². The molecule has 1 rings (SSSR count). The average Bonchev–Trinajstić information content (AvgIpc) is 2.65. The number of nitrogens with two attached hydrogens (primary N) is 1. The molecule has 0 aliphatic rings. The summed E-state index contributed by atoms with van der Waals surface area (Å²) < 4.78 is 0. The van der Waals surface area contributed by atoms with E-state index < -0.39 is 23.8 Å². The first-order valence-corrected chi connectivity index (χ1v) is 6.12. The number of rotatable bonds is 7. The second-order valence-electron chi connectivity index (χ2n) is 4.55. The Morgan fingerprint density at radius 2 is 2.05 bits per heavy atom. The highest BCUT2D eigenvalue weighted by Crippen LogP contribution is 2.10. The third kappa shape index (κ3) is 4.38. The predicted molar refractivity (Wildman–Crippen MR) is 69.8 cm³/mol. The molecule has 110 valence electrons. The van der Waals surface area contributed by atoms with E-state index in [4.69, 9.17) is 10.8 Å². The summed E-state index contributed by atoms with van der Waals surface area (Å²) in [7, 11) is 0. The number of nitrogens with zero attached hydrogens (tertiary/aromatic N) is 1. The van der Waals surface area contributed by atoms with Gasteiger partial charge in [-0.2, -0.15) is 5.10 Å². The lowest BCUT2D eigenvalue weighted by atomic mass is 10.1. The Bertz CT molecular complexity index is 504. The van der Waals surface area contributed by atoms with E-state index in [1.165, 1.54) is 0 Å². The summed E-state index contributed by atoms with van der Waals surface area (Å²) in [6.45, 7) is 3.54. The number of carbonyl (C=O) groups excluding carboxylic acids is 2. The average molecular weight is 282 g/mol. The molecule has 1 atom stereocenters. The maximum atomic E-state index is 11.8. The zero-order valence-electron chi connectivity index (χ0n) is 11.4. The number of aromatic amines is 1. The molecular formula is C12H18N4O4. The number of amides is 2. The number of hydrogen-bond acceptors (Lipinski definition) is 4. The molecule has 0 saturated carbocycles. The van der Waals surface area contributed by atoms with Crippen LogP contribution in [0.1, 0.15) is 29.8 Å². The van der Waals surface area contributed by atoms with Crippen molar-refractivity contribution >= 4 is 17.8 Å². The van der Waals surface area contributed by atoms with Crippen molar-refractivity contribution in [1.29, 1.82) is 0 Å². The largest absolute Gasteiger partial charge is 0.480 e. The fourth-order valence-electron chi connectivity index (χ4n) is 1.78. The molecule has 8 nitrogen and oxygen atoms in total. The fourth-order valence-corrected chi connectivity index (χ4v) is 1.78. The van der Waals surface area contributed by atoms with Crippen LogP contribution in [0.4, 0.5) is 0 Å². The van der Waals surface area contributed by atoms with Crippen molar-refractivity contribution in [1.82, 2.24) is 15.5 Å². The summed E-state index contributed by atoms with van der Waals surface area (Å²) in [5.74, 6) is -2.23. The van der Waals surface area contributed by atoms with Crippen LogP contribution in [0.15, 0.2) is 0 Å². The van der Waals surface area contributed by atoms with Gasteiger partial charge in [-0.3, -0.25) is 14.7 Å². The first-order chi connectivity index (χ1) is 9.31. The number of carboxylic acids is 1. The first-order valence-electron chi connectivity index (χ1n) is 6.12. The van der Waals surface area contributed by atoms with Crippen molar-refractivity contribution < 1.29 is 19.5 Å². The molecule has 1 heterocycles. The predicted octanol–water partition coefficient (Wildman–Crippen LogP) is -0.596. The first kappa shape index (κ1) is 15.7. The van der Waals surface area contributed by atoms with Crippen LogP contribution in [0, 0.1) is 13.8 Å². The summed E-state index contributed by atoms with van der Waals surface area (Å²) in [4.78, 5) is 33.5. The number of nitrogens with one attached hydrogen (secondary N) is 2. The monoisotopic (exact) mass is 282 g/mol. The van der Waals surface area contributed by atoms with E-state index in [0.717, 1.165) is 11.3 Å². The molecule has 5 N–H and O–H groups in total. The van der Waals surface area contributed by atoms with Crippen molar-refractivity contribution in [3.05, 3.63) is 17.0 Å². The van der Waals surface area contributed by atoms with E-state index in [-0.39, 0.29) is 19.3 Å². The molecule has 8 heteroatoms. The summed E-state index contributed by atoms with van der Waals surface area (Å²) in [6, 6.07) is -1.12. The lowest BCUT2D eigenvalue weighted by Gasteiger charge is -2.13. The van der Waals surface area contributed by atoms with Crippen molar-refractivity contribution in [3.63, 3.8) is 0 Å². The molecule has 0 aliphatic heterocycles.